The Morgan fingerprint density at radius 1 is 1.35 bits per heavy atom. The Kier molecular flexibility index (Phi) is 9.16. The fraction of sp³-hybridized carbons (Fsp3) is 0.625. The van der Waals surface area contributed by atoms with Gasteiger partial charge in [-0.05, 0) is 48.1 Å². The van der Waals surface area contributed by atoms with E-state index >= 15 is 0 Å². The molecule has 0 heterocycles. The van der Waals surface area contributed by atoms with Gasteiger partial charge in [0.15, 0.2) is 0 Å². The van der Waals surface area contributed by atoms with Crippen LogP contribution in [0.4, 0.5) is 0 Å². The van der Waals surface area contributed by atoms with Crippen molar-refractivity contribution in [1.82, 2.24) is 5.32 Å². The van der Waals surface area contributed by atoms with Crippen molar-refractivity contribution in [3.63, 3.8) is 0 Å². The molecule has 0 aliphatic carbocycles. The number of halogens is 1. The zero-order valence-corrected chi connectivity index (χ0v) is 14.3. The van der Waals surface area contributed by atoms with Gasteiger partial charge in [-0.2, -0.15) is 11.8 Å². The van der Waals surface area contributed by atoms with Crippen molar-refractivity contribution in [2.45, 2.75) is 33.7 Å². The number of nitrogens with one attached hydrogen (secondary N) is 1. The minimum atomic E-state index is 0.661. The molecule has 0 aliphatic rings. The van der Waals surface area contributed by atoms with E-state index in [2.05, 4.69) is 32.2 Å². The minimum absolute atomic E-state index is 0.661. The van der Waals surface area contributed by atoms with Gasteiger partial charge in [0.25, 0.3) is 0 Å². The molecule has 1 aromatic carbocycles. The van der Waals surface area contributed by atoms with E-state index in [1.54, 1.807) is 0 Å². The molecule has 0 aromatic heterocycles. The molecule has 1 rings (SSSR count). The Morgan fingerprint density at radius 2 is 2.15 bits per heavy atom. The number of thioether (sulfide) groups is 1. The lowest BCUT2D eigenvalue weighted by Crippen LogP contribution is -2.18. The summed E-state index contributed by atoms with van der Waals surface area (Å²) < 4.78 is 5.72. The van der Waals surface area contributed by atoms with Crippen LogP contribution in [0, 0.1) is 5.92 Å². The van der Waals surface area contributed by atoms with E-state index < -0.39 is 0 Å². The Morgan fingerprint density at radius 3 is 2.80 bits per heavy atom. The summed E-state index contributed by atoms with van der Waals surface area (Å²) in [4.78, 5) is 0. The van der Waals surface area contributed by atoms with Crippen molar-refractivity contribution < 1.29 is 4.74 Å². The molecular weight excluding hydrogens is 290 g/mol. The van der Waals surface area contributed by atoms with Gasteiger partial charge in [-0.25, -0.2) is 0 Å². The molecule has 0 unspecified atom stereocenters. The topological polar surface area (TPSA) is 21.3 Å². The molecule has 4 heteroatoms. The zero-order valence-electron chi connectivity index (χ0n) is 12.7. The van der Waals surface area contributed by atoms with Gasteiger partial charge in [0, 0.05) is 6.54 Å². The van der Waals surface area contributed by atoms with Crippen LogP contribution in [-0.2, 0) is 6.54 Å². The van der Waals surface area contributed by atoms with Crippen LogP contribution in [0.3, 0.4) is 0 Å². The molecule has 1 aromatic rings. The average Bonchev–Trinajstić information content (AvgIpc) is 2.40. The summed E-state index contributed by atoms with van der Waals surface area (Å²) in [6.45, 7) is 9.18. The molecule has 0 atom stereocenters. The van der Waals surface area contributed by atoms with Gasteiger partial charge in [-0.15, -0.1) is 0 Å². The van der Waals surface area contributed by atoms with E-state index in [-0.39, 0.29) is 0 Å². The smallest absolute Gasteiger partial charge is 0.137 e. The van der Waals surface area contributed by atoms with E-state index in [1.807, 2.05) is 23.9 Å². The van der Waals surface area contributed by atoms with Gasteiger partial charge in [0.05, 0.1) is 11.6 Å². The molecule has 0 amide bonds. The lowest BCUT2D eigenvalue weighted by Gasteiger charge is -2.11. The third-order valence-electron chi connectivity index (χ3n) is 2.77. The molecule has 0 spiro atoms. The first-order valence-electron chi connectivity index (χ1n) is 7.33. The van der Waals surface area contributed by atoms with Crippen LogP contribution < -0.4 is 10.1 Å². The number of hydrogen-bond donors (Lipinski definition) is 1. The van der Waals surface area contributed by atoms with Crippen LogP contribution >= 0.6 is 23.4 Å². The van der Waals surface area contributed by atoms with E-state index in [9.17, 15) is 0 Å². The van der Waals surface area contributed by atoms with Crippen molar-refractivity contribution >= 4 is 23.4 Å². The summed E-state index contributed by atoms with van der Waals surface area (Å²) >= 11 is 8.19. The third kappa shape index (κ3) is 7.41. The molecule has 2 nitrogen and oxygen atoms in total. The first kappa shape index (κ1) is 17.7. The largest absolute Gasteiger partial charge is 0.492 e. The number of benzene rings is 1. The van der Waals surface area contributed by atoms with Gasteiger partial charge in [0.2, 0.25) is 0 Å². The Labute approximate surface area is 132 Å². The molecule has 0 saturated heterocycles. The summed E-state index contributed by atoms with van der Waals surface area (Å²) in [6, 6.07) is 6.04. The maximum Gasteiger partial charge on any atom is 0.137 e. The van der Waals surface area contributed by atoms with Crippen LogP contribution in [0.2, 0.25) is 5.02 Å². The van der Waals surface area contributed by atoms with Gasteiger partial charge >= 0.3 is 0 Å². The van der Waals surface area contributed by atoms with E-state index in [4.69, 9.17) is 16.3 Å². The summed E-state index contributed by atoms with van der Waals surface area (Å²) in [5, 5.41) is 4.12. The highest BCUT2D eigenvalue weighted by molar-refractivity contribution is 7.99. The first-order chi connectivity index (χ1) is 9.63. The van der Waals surface area contributed by atoms with Crippen molar-refractivity contribution in [3.05, 3.63) is 28.8 Å². The van der Waals surface area contributed by atoms with Crippen molar-refractivity contribution in [1.29, 1.82) is 0 Å². The lowest BCUT2D eigenvalue weighted by molar-refractivity contribution is 0.319. The summed E-state index contributed by atoms with van der Waals surface area (Å²) in [5.41, 5.74) is 1.20. The zero-order chi connectivity index (χ0) is 14.8. The minimum Gasteiger partial charge on any atom is -0.492 e. The molecule has 20 heavy (non-hydrogen) atoms. The summed E-state index contributed by atoms with van der Waals surface area (Å²) in [5.74, 6) is 3.76. The van der Waals surface area contributed by atoms with Crippen molar-refractivity contribution in [3.8, 4) is 5.75 Å². The van der Waals surface area contributed by atoms with Crippen LogP contribution in [0.15, 0.2) is 18.2 Å². The molecular formula is C16H26ClNOS. The van der Waals surface area contributed by atoms with Gasteiger partial charge in [-0.1, -0.05) is 38.4 Å². The highest BCUT2D eigenvalue weighted by Crippen LogP contribution is 2.25. The van der Waals surface area contributed by atoms with Crippen LogP contribution in [0.5, 0.6) is 5.75 Å². The highest BCUT2D eigenvalue weighted by atomic mass is 35.5. The normalized spacial score (nSPS) is 11.1. The molecule has 0 bridgehead atoms. The van der Waals surface area contributed by atoms with Gasteiger partial charge in [0.1, 0.15) is 5.75 Å². The van der Waals surface area contributed by atoms with E-state index in [0.717, 1.165) is 37.6 Å². The fourth-order valence-electron chi connectivity index (χ4n) is 1.76. The van der Waals surface area contributed by atoms with Crippen molar-refractivity contribution in [2.75, 3.05) is 24.7 Å². The third-order valence-corrected chi connectivity index (χ3v) is 4.05. The van der Waals surface area contributed by atoms with Gasteiger partial charge < -0.3 is 10.1 Å². The summed E-state index contributed by atoms with van der Waals surface area (Å²) in [6.07, 6.45) is 1.06. The Hall–Kier alpha value is -0.380. The maximum absolute atomic E-state index is 6.25. The Balaban J connectivity index is 2.35. The second-order valence-electron chi connectivity index (χ2n) is 5.19. The predicted octanol–water partition coefficient (Wildman–Crippen LogP) is 4.61. The molecule has 0 radical (unpaired) electrons. The molecule has 0 saturated carbocycles. The monoisotopic (exact) mass is 315 g/mol. The lowest BCUT2D eigenvalue weighted by atomic mass is 10.2. The summed E-state index contributed by atoms with van der Waals surface area (Å²) in [7, 11) is 0. The number of hydrogen-bond acceptors (Lipinski definition) is 3. The molecule has 0 fully saturated rings. The SMILES string of the molecule is CCSCCCOc1ccc(CNCC(C)C)cc1Cl. The second-order valence-corrected chi connectivity index (χ2v) is 6.99. The maximum atomic E-state index is 6.25. The quantitative estimate of drug-likeness (QED) is 0.637. The highest BCUT2D eigenvalue weighted by Gasteiger charge is 2.03. The average molecular weight is 316 g/mol. The molecule has 114 valence electrons. The van der Waals surface area contributed by atoms with Gasteiger partial charge in [-0.3, -0.25) is 0 Å². The van der Waals surface area contributed by atoms with Crippen LogP contribution in [0.25, 0.3) is 0 Å². The standard InChI is InChI=1S/C16H26ClNOS/c1-4-20-9-5-8-19-16-7-6-14(10-15(16)17)12-18-11-13(2)3/h6-7,10,13,18H,4-5,8-9,11-12H2,1-3H3. The van der Waals surface area contributed by atoms with Crippen LogP contribution in [0.1, 0.15) is 32.8 Å². The predicted molar refractivity (Wildman–Crippen MR) is 91.1 cm³/mol. The van der Waals surface area contributed by atoms with E-state index in [0.29, 0.717) is 10.9 Å². The molecule has 0 aliphatic heterocycles. The first-order valence-corrected chi connectivity index (χ1v) is 8.86. The second kappa shape index (κ2) is 10.4. The number of ether oxygens (including phenoxy) is 1. The van der Waals surface area contributed by atoms with E-state index in [1.165, 1.54) is 11.3 Å². The fourth-order valence-corrected chi connectivity index (χ4v) is 2.63. The Bertz CT molecular complexity index is 385. The van der Waals surface area contributed by atoms with Crippen molar-refractivity contribution in [2.24, 2.45) is 5.92 Å². The number of rotatable bonds is 10. The van der Waals surface area contributed by atoms with Crippen LogP contribution in [-0.4, -0.2) is 24.7 Å². The molecule has 1 N–H and O–H groups in total.